The topological polar surface area (TPSA) is 73.7 Å². The molecule has 1 N–H and O–H groups in total. The Kier molecular flexibility index (Phi) is 2.72. The summed E-state index contributed by atoms with van der Waals surface area (Å²) in [6.45, 7) is 0. The van der Waals surface area contributed by atoms with Crippen molar-refractivity contribution in [2.75, 3.05) is 0 Å². The average molecular weight is 198 g/mol. The number of H-pyrrole nitrogens is 1. The number of nitrogens with one attached hydrogen (secondary N) is 1. The number of rotatable bonds is 2. The number of aromatic amines is 1. The number of carbonyl (C=O) groups excluding carboxylic acids is 1. The number of hydrogen-bond donors (Lipinski definition) is 1. The van der Waals surface area contributed by atoms with E-state index in [2.05, 4.69) is 4.98 Å². The molecule has 0 unspecified atom stereocenters. The van der Waals surface area contributed by atoms with E-state index in [1.807, 2.05) is 0 Å². The van der Waals surface area contributed by atoms with Gasteiger partial charge in [-0.15, -0.1) is 0 Å². The van der Waals surface area contributed by atoms with Crippen LogP contribution < -0.4 is 5.43 Å². The summed E-state index contributed by atoms with van der Waals surface area (Å²) in [7, 11) is 0. The zero-order valence-electron chi connectivity index (χ0n) is 6.75. The van der Waals surface area contributed by atoms with Crippen molar-refractivity contribution in [2.45, 2.75) is 6.43 Å². The van der Waals surface area contributed by atoms with Crippen LogP contribution in [0.25, 0.3) is 0 Å². The normalized spacial score (nSPS) is 9.86. The Balaban J connectivity index is 3.53. The van der Waals surface area contributed by atoms with Gasteiger partial charge >= 0.3 is 0 Å². The largest absolute Gasteiger partial charge is 0.344 e. The quantitative estimate of drug-likeness (QED) is 0.720. The summed E-state index contributed by atoms with van der Waals surface area (Å²) < 4.78 is 24.5. The summed E-state index contributed by atoms with van der Waals surface area (Å²) in [6, 6.07) is 2.13. The average Bonchev–Trinajstić information content (AvgIpc) is 2.15. The molecule has 0 saturated heterocycles. The summed E-state index contributed by atoms with van der Waals surface area (Å²) in [5, 5.41) is 8.44. The number of nitriles is 1. The standard InChI is InChI=1S/C8H4F2N2O2/c9-8(10)7-5(2-11)12-4(3-13)1-6(7)14/h1,3,8H,(H,12,14). The second-order valence-electron chi connectivity index (χ2n) is 2.41. The van der Waals surface area contributed by atoms with Crippen LogP contribution in [0.4, 0.5) is 8.78 Å². The summed E-state index contributed by atoms with van der Waals surface area (Å²) >= 11 is 0. The van der Waals surface area contributed by atoms with E-state index < -0.39 is 23.1 Å². The van der Waals surface area contributed by atoms with E-state index in [1.54, 1.807) is 0 Å². The lowest BCUT2D eigenvalue weighted by molar-refractivity contribution is 0.111. The maximum Gasteiger partial charge on any atom is 0.270 e. The number of hydrogen-bond acceptors (Lipinski definition) is 3. The van der Waals surface area contributed by atoms with Gasteiger partial charge in [0.2, 0.25) is 0 Å². The third-order valence-electron chi connectivity index (χ3n) is 1.55. The van der Waals surface area contributed by atoms with Crippen molar-refractivity contribution in [3.63, 3.8) is 0 Å². The minimum Gasteiger partial charge on any atom is -0.344 e. The first-order valence-corrected chi connectivity index (χ1v) is 3.50. The fraction of sp³-hybridized carbons (Fsp3) is 0.125. The number of alkyl halides is 2. The van der Waals surface area contributed by atoms with E-state index >= 15 is 0 Å². The number of aromatic nitrogens is 1. The predicted octanol–water partition coefficient (Wildman–Crippen LogP) is 0.997. The second kappa shape index (κ2) is 3.79. The lowest BCUT2D eigenvalue weighted by Gasteiger charge is -2.01. The minimum atomic E-state index is -3.03. The molecule has 0 amide bonds. The van der Waals surface area contributed by atoms with Gasteiger partial charge in [0.25, 0.3) is 6.43 Å². The van der Waals surface area contributed by atoms with Crippen LogP contribution in [-0.2, 0) is 0 Å². The molecule has 0 saturated carbocycles. The van der Waals surface area contributed by atoms with Crippen molar-refractivity contribution in [1.29, 1.82) is 5.26 Å². The highest BCUT2D eigenvalue weighted by atomic mass is 19.3. The number of aldehydes is 1. The van der Waals surface area contributed by atoms with Gasteiger partial charge in [0.15, 0.2) is 11.7 Å². The molecular formula is C8H4F2N2O2. The smallest absolute Gasteiger partial charge is 0.270 e. The summed E-state index contributed by atoms with van der Waals surface area (Å²) in [5.74, 6) is 0. The first-order chi connectivity index (χ1) is 6.60. The van der Waals surface area contributed by atoms with Crippen LogP contribution in [0.1, 0.15) is 28.2 Å². The molecule has 72 valence electrons. The van der Waals surface area contributed by atoms with Crippen LogP contribution in [0.15, 0.2) is 10.9 Å². The van der Waals surface area contributed by atoms with Crippen LogP contribution in [-0.4, -0.2) is 11.3 Å². The zero-order chi connectivity index (χ0) is 10.7. The van der Waals surface area contributed by atoms with Gasteiger partial charge in [-0.2, -0.15) is 5.26 Å². The Hall–Kier alpha value is -2.03. The Morgan fingerprint density at radius 1 is 1.57 bits per heavy atom. The van der Waals surface area contributed by atoms with Gasteiger partial charge in [-0.25, -0.2) is 8.78 Å². The van der Waals surface area contributed by atoms with Gasteiger partial charge in [-0.1, -0.05) is 0 Å². The molecule has 0 spiro atoms. The molecule has 1 aromatic heterocycles. The molecule has 1 rings (SSSR count). The SMILES string of the molecule is N#Cc1[nH]c(C=O)cc(=O)c1C(F)F. The highest BCUT2D eigenvalue weighted by molar-refractivity contribution is 5.72. The molecule has 0 aliphatic heterocycles. The van der Waals surface area contributed by atoms with Gasteiger partial charge in [-0.3, -0.25) is 9.59 Å². The van der Waals surface area contributed by atoms with Crippen molar-refractivity contribution < 1.29 is 13.6 Å². The Labute approximate surface area is 76.8 Å². The molecule has 1 heterocycles. The number of halogens is 2. The van der Waals surface area contributed by atoms with Crippen LogP contribution in [0.3, 0.4) is 0 Å². The third-order valence-corrected chi connectivity index (χ3v) is 1.55. The number of pyridine rings is 1. The molecule has 0 atom stereocenters. The maximum atomic E-state index is 12.3. The first kappa shape index (κ1) is 10.1. The van der Waals surface area contributed by atoms with E-state index in [1.165, 1.54) is 6.07 Å². The molecule has 1 aromatic rings. The van der Waals surface area contributed by atoms with Crippen molar-refractivity contribution in [3.05, 3.63) is 33.2 Å². The molecule has 4 nitrogen and oxygen atoms in total. The fourth-order valence-corrected chi connectivity index (χ4v) is 0.958. The van der Waals surface area contributed by atoms with Crippen LogP contribution in [0.2, 0.25) is 0 Å². The Morgan fingerprint density at radius 3 is 2.64 bits per heavy atom. The van der Waals surface area contributed by atoms with Crippen molar-refractivity contribution >= 4 is 6.29 Å². The first-order valence-electron chi connectivity index (χ1n) is 3.50. The van der Waals surface area contributed by atoms with Gasteiger partial charge in [0, 0.05) is 6.07 Å². The predicted molar refractivity (Wildman–Crippen MR) is 42.1 cm³/mol. The van der Waals surface area contributed by atoms with Gasteiger partial charge < -0.3 is 4.98 Å². The van der Waals surface area contributed by atoms with Crippen LogP contribution in [0, 0.1) is 11.3 Å². The molecule has 0 aliphatic rings. The van der Waals surface area contributed by atoms with Gasteiger partial charge in [0.1, 0.15) is 11.8 Å². The third kappa shape index (κ3) is 1.66. The zero-order valence-corrected chi connectivity index (χ0v) is 6.75. The molecular weight excluding hydrogens is 194 g/mol. The maximum absolute atomic E-state index is 12.3. The van der Waals surface area contributed by atoms with Gasteiger partial charge in [0.05, 0.1) is 11.3 Å². The van der Waals surface area contributed by atoms with Crippen molar-refractivity contribution in [3.8, 4) is 6.07 Å². The molecule has 0 aromatic carbocycles. The Morgan fingerprint density at radius 2 is 2.21 bits per heavy atom. The molecule has 0 aliphatic carbocycles. The monoisotopic (exact) mass is 198 g/mol. The summed E-state index contributed by atoms with van der Waals surface area (Å²) in [6.07, 6.45) is -2.76. The van der Waals surface area contributed by atoms with Crippen molar-refractivity contribution in [2.24, 2.45) is 0 Å². The molecule has 0 fully saturated rings. The van der Waals surface area contributed by atoms with E-state index in [0.717, 1.165) is 6.07 Å². The molecule has 6 heteroatoms. The lowest BCUT2D eigenvalue weighted by atomic mass is 10.2. The van der Waals surface area contributed by atoms with Crippen molar-refractivity contribution in [1.82, 2.24) is 4.98 Å². The number of carbonyl (C=O) groups is 1. The summed E-state index contributed by atoms with van der Waals surface area (Å²) in [4.78, 5) is 23.4. The summed E-state index contributed by atoms with van der Waals surface area (Å²) in [5.41, 5.74) is -2.69. The second-order valence-corrected chi connectivity index (χ2v) is 2.41. The highest BCUT2D eigenvalue weighted by Gasteiger charge is 2.18. The van der Waals surface area contributed by atoms with E-state index in [0.29, 0.717) is 0 Å². The fourth-order valence-electron chi connectivity index (χ4n) is 0.958. The minimum absolute atomic E-state index is 0.198. The Bertz CT molecular complexity index is 459. The molecule has 14 heavy (non-hydrogen) atoms. The lowest BCUT2D eigenvalue weighted by Crippen LogP contribution is -2.14. The highest BCUT2D eigenvalue weighted by Crippen LogP contribution is 2.17. The van der Waals surface area contributed by atoms with Gasteiger partial charge in [-0.05, 0) is 0 Å². The number of nitrogens with zero attached hydrogens (tertiary/aromatic N) is 1. The van der Waals surface area contributed by atoms with Crippen LogP contribution in [0.5, 0.6) is 0 Å². The van der Waals surface area contributed by atoms with E-state index in [-0.39, 0.29) is 12.0 Å². The molecule has 0 radical (unpaired) electrons. The van der Waals surface area contributed by atoms with E-state index in [9.17, 15) is 18.4 Å². The van der Waals surface area contributed by atoms with E-state index in [4.69, 9.17) is 5.26 Å². The molecule has 0 bridgehead atoms. The van der Waals surface area contributed by atoms with Crippen LogP contribution >= 0.6 is 0 Å².